The number of hydrogen-bond donors (Lipinski definition) is 4. The molecule has 44 heteroatoms. The van der Waals surface area contributed by atoms with Crippen molar-refractivity contribution in [1.82, 2.24) is 102 Å². The van der Waals surface area contributed by atoms with E-state index in [-0.39, 0.29) is 208 Å². The van der Waals surface area contributed by atoms with Crippen LogP contribution in [0.3, 0.4) is 0 Å². The third-order valence-corrected chi connectivity index (χ3v) is 13.0. The molecule has 0 saturated carbocycles. The molecule has 0 aliphatic carbocycles. The number of carbonyl (C=O) groups excluding carboxylic acids is 4. The van der Waals surface area contributed by atoms with Crippen molar-refractivity contribution in [1.29, 1.82) is 0 Å². The average Bonchev–Trinajstić information content (AvgIpc) is 1.75. The summed E-state index contributed by atoms with van der Waals surface area (Å²) in [6.07, 6.45) is 13.1. The van der Waals surface area contributed by atoms with Crippen LogP contribution in [0, 0.1) is 0 Å². The van der Waals surface area contributed by atoms with E-state index in [1.54, 1.807) is 147 Å². The summed E-state index contributed by atoms with van der Waals surface area (Å²) in [6.45, 7) is 1.64. The van der Waals surface area contributed by atoms with E-state index in [1.807, 2.05) is 48.5 Å². The molecule has 40 nitrogen and oxygen atoms in total. The van der Waals surface area contributed by atoms with Gasteiger partial charge in [-0.3, -0.25) is 79.0 Å². The van der Waals surface area contributed by atoms with E-state index in [2.05, 4.69) is 122 Å². The van der Waals surface area contributed by atoms with E-state index in [0.29, 0.717) is 22.8 Å². The Balaban J connectivity index is -0.000000670. The Morgan fingerprint density at radius 3 is 0.580 bits per heavy atom. The van der Waals surface area contributed by atoms with Gasteiger partial charge < -0.3 is 126 Å². The van der Waals surface area contributed by atoms with Crippen LogP contribution in [0.2, 0.25) is 0 Å². The van der Waals surface area contributed by atoms with Crippen LogP contribution in [0.1, 0.15) is 110 Å². The molecular weight excluding hydrogens is 1640 g/mol. The number of amides is 4. The molecule has 112 heavy (non-hydrogen) atoms. The molecule has 0 aromatic carbocycles. The second-order valence-corrected chi connectivity index (χ2v) is 20.2. The van der Waals surface area contributed by atoms with Gasteiger partial charge in [-0.2, -0.15) is 0 Å². The topological polar surface area (TPSA) is 721 Å². The van der Waals surface area contributed by atoms with E-state index >= 15 is 0 Å². The fourth-order valence-electron chi connectivity index (χ4n) is 8.00. The smallest absolute Gasteiger partial charge is 0.860 e. The van der Waals surface area contributed by atoms with Crippen molar-refractivity contribution >= 4 is 47.2 Å². The van der Waals surface area contributed by atoms with E-state index in [1.165, 1.54) is 24.3 Å². The number of nitrogens with one attached hydrogen (secondary N) is 4. The average molecular weight is 1720 g/mol. The Hall–Kier alpha value is -12.5. The maximum absolute atomic E-state index is 12.0. The Morgan fingerprint density at radius 1 is 0.268 bits per heavy atom. The van der Waals surface area contributed by atoms with Gasteiger partial charge in [0.05, 0.1) is 97.9 Å². The molecule has 0 fully saturated rings. The monoisotopic (exact) mass is 1710 g/mol. The second kappa shape index (κ2) is 57.6. The van der Waals surface area contributed by atoms with Gasteiger partial charge in [-0.25, -0.2) is 0 Å². The quantitative estimate of drug-likeness (QED) is 0.0248. The van der Waals surface area contributed by atoms with Gasteiger partial charge in [-0.1, -0.05) is 48.5 Å². The zero-order chi connectivity index (χ0) is 69.9. The minimum Gasteiger partial charge on any atom is -0.860 e. The predicted octanol–water partition coefficient (Wildman–Crippen LogP) is -6.34. The minimum absolute atomic E-state index is 0. The molecule has 12 aromatic rings. The number of pyridine rings is 8. The molecule has 0 unspecified atom stereocenters. The molecule has 12 aromatic heterocycles. The number of carbonyl (C=O) groups is 4. The molecule has 4 amide bonds. The van der Waals surface area contributed by atoms with Crippen molar-refractivity contribution in [2.24, 2.45) is 20.0 Å². The number of aromatic nitrogens is 16. The minimum atomic E-state index is -0.540. The van der Waals surface area contributed by atoms with E-state index in [4.69, 9.17) is 0 Å². The summed E-state index contributed by atoms with van der Waals surface area (Å²) in [5.41, 5.74) is 5.91. The molecule has 0 bridgehead atoms. The van der Waals surface area contributed by atoms with Crippen LogP contribution in [0.5, 0.6) is 0 Å². The van der Waals surface area contributed by atoms with E-state index in [0.717, 1.165) is 22.8 Å². The van der Waals surface area contributed by atoms with Crippen molar-refractivity contribution < 1.29 is 149 Å². The van der Waals surface area contributed by atoms with Crippen LogP contribution in [-0.4, -0.2) is 151 Å². The van der Waals surface area contributed by atoms with Gasteiger partial charge in [0, 0.05) is 49.6 Å². The van der Waals surface area contributed by atoms with Crippen molar-refractivity contribution in [2.45, 2.75) is 52.4 Å². The van der Waals surface area contributed by atoms with Crippen molar-refractivity contribution in [3.8, 4) is 0 Å². The molecular formula is C68H72N24Ni4O16. The molecule has 12 heterocycles. The zero-order valence-electron chi connectivity index (χ0n) is 57.9. The summed E-state index contributed by atoms with van der Waals surface area (Å²) < 4.78 is 0. The summed E-state index contributed by atoms with van der Waals surface area (Å²) in [5, 5.41) is 88.4. The van der Waals surface area contributed by atoms with Crippen LogP contribution in [0.25, 0.3) is 0 Å². The van der Waals surface area contributed by atoms with E-state index < -0.39 is 47.2 Å². The molecule has 12 rings (SSSR count). The fourth-order valence-corrected chi connectivity index (χ4v) is 8.00. The summed E-state index contributed by atoms with van der Waals surface area (Å²) in [5.74, 6) is -3.87. The van der Waals surface area contributed by atoms with Gasteiger partial charge in [-0.05, 0) is 145 Å². The maximum Gasteiger partial charge on any atom is 2.00 e. The summed E-state index contributed by atoms with van der Waals surface area (Å²) >= 11 is 0. The first-order valence-corrected chi connectivity index (χ1v) is 30.1. The molecule has 600 valence electrons. The van der Waals surface area contributed by atoms with Crippen LogP contribution in [-0.2, 0) is 118 Å². The standard InChI is InChI=1S/4C17H16N6O2.4Ni.8H2O/c4*24-16(20-10-12-5-1-3-7-18-12)14-9-15(23-22-14)17(25)21-11-13-6-2-4-8-19-13;;;;;;;;;;;;/h4*1-9H,10-11H2,(H3,20,21,22,23,24,25);;;;;8*1H2/q;;;;4*+2;;;;;;;;/p-8. The third-order valence-electron chi connectivity index (χ3n) is 13.0. The SMILES string of the molecule is O.O.O.O.O.O.O.O.O=C(NCc1ccccn1)c1cc(C([O-])=NCc2ccccn2)[n-]n1.O=C(NCc1ccccn1)c1cc(C([O-])=NCc2ccccn2)[n-]n1.O=C(NCc1ccccn1)c1cc(C([O-])=NCc2ccccn2)[n-]n1.O=C(NCc1ccccn1)c1cc(C([O-])=NCc2ccccn2)[n-]n1.[Ni+2].[Ni+2].[Ni+2].[Ni+2]. The Bertz CT molecular complexity index is 4080. The zero-order valence-corrected chi connectivity index (χ0v) is 61.9. The van der Waals surface area contributed by atoms with Gasteiger partial charge >= 0.3 is 66.0 Å². The normalized spacial score (nSPS) is 10.1. The predicted molar refractivity (Wildman–Crippen MR) is 379 cm³/mol. The van der Waals surface area contributed by atoms with Crippen molar-refractivity contribution in [2.75, 3.05) is 0 Å². The molecule has 0 aliphatic heterocycles. The van der Waals surface area contributed by atoms with Crippen molar-refractivity contribution in [3.05, 3.63) is 311 Å². The molecule has 0 spiro atoms. The Morgan fingerprint density at radius 2 is 0.429 bits per heavy atom. The Kier molecular flexibility index (Phi) is 54.4. The van der Waals surface area contributed by atoms with Gasteiger partial charge in [-0.15, -0.1) is 22.8 Å². The fraction of sp³-hybridized carbons (Fsp3) is 0.118. The van der Waals surface area contributed by atoms with Gasteiger partial charge in [0.25, 0.3) is 23.6 Å². The van der Waals surface area contributed by atoms with Crippen LogP contribution < -0.4 is 62.1 Å². The summed E-state index contributed by atoms with van der Waals surface area (Å²) in [6, 6.07) is 48.4. The molecule has 0 atom stereocenters. The van der Waals surface area contributed by atoms with Crippen LogP contribution in [0.15, 0.2) is 239 Å². The molecule has 20 N–H and O–H groups in total. The third kappa shape index (κ3) is 35.7. The number of rotatable bonds is 24. The number of nitrogens with zero attached hydrogens (tertiary/aromatic N) is 20. The molecule has 0 saturated heterocycles. The molecule has 0 radical (unpaired) electrons. The van der Waals surface area contributed by atoms with Gasteiger partial charge in [0.2, 0.25) is 0 Å². The van der Waals surface area contributed by atoms with Gasteiger partial charge in [0.1, 0.15) is 22.8 Å². The van der Waals surface area contributed by atoms with E-state index in [9.17, 15) is 39.6 Å². The van der Waals surface area contributed by atoms with Gasteiger partial charge in [0.15, 0.2) is 0 Å². The first kappa shape index (κ1) is 106. The van der Waals surface area contributed by atoms with Crippen LogP contribution in [0.4, 0.5) is 0 Å². The van der Waals surface area contributed by atoms with Crippen LogP contribution >= 0.6 is 0 Å². The second-order valence-electron chi connectivity index (χ2n) is 20.2. The first-order chi connectivity index (χ1) is 48.9. The summed E-state index contributed by atoms with van der Waals surface area (Å²) in [7, 11) is 0. The largest absolute Gasteiger partial charge is 2.00 e. The number of hydrogen-bond acceptors (Lipinski definition) is 24. The Labute approximate surface area is 677 Å². The maximum atomic E-state index is 12.0. The van der Waals surface area contributed by atoms with Crippen molar-refractivity contribution in [3.63, 3.8) is 0 Å². The first-order valence-electron chi connectivity index (χ1n) is 30.1. The number of aliphatic imine (C=N–C) groups is 4. The summed E-state index contributed by atoms with van der Waals surface area (Å²) in [4.78, 5) is 96.4. The molecule has 0 aliphatic rings.